The van der Waals surface area contributed by atoms with Crippen LogP contribution in [0.1, 0.15) is 24.0 Å². The Bertz CT molecular complexity index is 1250. The number of aliphatic hydroxyl groups is 1. The second kappa shape index (κ2) is 13.3. The van der Waals surface area contributed by atoms with Crippen molar-refractivity contribution >= 4 is 46.2 Å². The summed E-state index contributed by atoms with van der Waals surface area (Å²) in [5.74, 6) is -1.69. The van der Waals surface area contributed by atoms with Crippen LogP contribution >= 0.6 is 11.8 Å². The average Bonchev–Trinajstić information content (AvgIpc) is 2.90. The standard InChI is InChI=1S/C23H22N4O11S/c28-18-11-19(25(18)21(30)22(31)37-12-14-1-5-16(6-2-14)26(33)34)39-20(29)9-10-24-23(32)38-13-15-3-7-17(8-4-15)27(35)36/h1-8,19,21,30H,9-13H2,(H,24,32)/t19-,21?/m0/s1. The Hall–Kier alpha value is -4.57. The number of nitrogens with zero attached hydrogens (tertiary/aromatic N) is 3. The topological polar surface area (TPSA) is 209 Å². The van der Waals surface area contributed by atoms with Crippen molar-refractivity contribution in [3.8, 4) is 0 Å². The molecule has 2 aromatic carbocycles. The third-order valence-electron chi connectivity index (χ3n) is 5.33. The molecule has 2 atom stereocenters. The van der Waals surface area contributed by atoms with Crippen molar-refractivity contribution in [1.29, 1.82) is 0 Å². The summed E-state index contributed by atoms with van der Waals surface area (Å²) < 4.78 is 9.95. The third-order valence-corrected chi connectivity index (χ3v) is 6.47. The van der Waals surface area contributed by atoms with Gasteiger partial charge in [-0.15, -0.1) is 0 Å². The number of rotatable bonds is 12. The lowest BCUT2D eigenvalue weighted by Gasteiger charge is -2.41. The Morgan fingerprint density at radius 3 is 1.97 bits per heavy atom. The number of carbonyl (C=O) groups excluding carboxylic acids is 4. The number of nitro groups is 2. The molecule has 2 amide bonds. The Labute approximate surface area is 224 Å². The second-order valence-electron chi connectivity index (χ2n) is 8.03. The molecule has 0 radical (unpaired) electrons. The van der Waals surface area contributed by atoms with Crippen LogP contribution in [-0.4, -0.2) is 61.1 Å². The number of nitrogens with one attached hydrogen (secondary N) is 1. The van der Waals surface area contributed by atoms with Gasteiger partial charge in [0.25, 0.3) is 11.4 Å². The predicted molar refractivity (Wildman–Crippen MR) is 133 cm³/mol. The Kier molecular flexibility index (Phi) is 9.88. The van der Waals surface area contributed by atoms with E-state index in [1.807, 2.05) is 0 Å². The van der Waals surface area contributed by atoms with Gasteiger partial charge in [-0.1, -0.05) is 11.8 Å². The summed E-state index contributed by atoms with van der Waals surface area (Å²) in [4.78, 5) is 69.2. The number of thioether (sulfide) groups is 1. The summed E-state index contributed by atoms with van der Waals surface area (Å²) >= 11 is 0.716. The van der Waals surface area contributed by atoms with Crippen molar-refractivity contribution < 1.29 is 43.6 Å². The van der Waals surface area contributed by atoms with Crippen molar-refractivity contribution in [2.75, 3.05) is 6.54 Å². The Morgan fingerprint density at radius 1 is 0.974 bits per heavy atom. The summed E-state index contributed by atoms with van der Waals surface area (Å²) in [6.45, 7) is -0.506. The van der Waals surface area contributed by atoms with Gasteiger partial charge in [0.1, 0.15) is 13.2 Å². The number of likely N-dealkylation sites (tertiary alicyclic amines) is 1. The quantitative estimate of drug-likeness (QED) is 0.165. The molecular formula is C23H22N4O11S. The van der Waals surface area contributed by atoms with E-state index in [1.54, 1.807) is 0 Å². The number of hydrogen-bond donors (Lipinski definition) is 2. The number of ether oxygens (including phenoxy) is 2. The SMILES string of the molecule is O=C(NCCC(=O)S[C@H]1CC(=O)N1C(O)C(=O)OCc1ccc([N+](=O)[O-])cc1)OCc1ccc([N+](=O)[O-])cc1. The molecule has 16 heteroatoms. The van der Waals surface area contributed by atoms with Gasteiger partial charge in [-0.3, -0.25) is 34.7 Å². The van der Waals surface area contributed by atoms with E-state index in [4.69, 9.17) is 9.47 Å². The van der Waals surface area contributed by atoms with E-state index in [1.165, 1.54) is 48.5 Å². The number of carbonyl (C=O) groups is 4. The summed E-state index contributed by atoms with van der Waals surface area (Å²) in [6, 6.07) is 10.6. The molecule has 0 spiro atoms. The molecule has 0 aliphatic carbocycles. The molecule has 15 nitrogen and oxygen atoms in total. The van der Waals surface area contributed by atoms with Gasteiger partial charge in [-0.05, 0) is 35.4 Å². The zero-order valence-corrected chi connectivity index (χ0v) is 20.9. The van der Waals surface area contributed by atoms with Crippen LogP contribution in [0.25, 0.3) is 0 Å². The van der Waals surface area contributed by atoms with E-state index in [9.17, 15) is 44.5 Å². The zero-order chi connectivity index (χ0) is 28.5. The molecule has 39 heavy (non-hydrogen) atoms. The zero-order valence-electron chi connectivity index (χ0n) is 20.1. The number of amides is 2. The number of aliphatic hydroxyl groups excluding tert-OH is 1. The lowest BCUT2D eigenvalue weighted by Crippen LogP contribution is -2.59. The lowest BCUT2D eigenvalue weighted by molar-refractivity contribution is -0.385. The normalized spacial score (nSPS) is 15.1. The largest absolute Gasteiger partial charge is 0.457 e. The van der Waals surface area contributed by atoms with Crippen LogP contribution < -0.4 is 5.32 Å². The number of benzene rings is 2. The van der Waals surface area contributed by atoms with Crippen molar-refractivity contribution in [3.63, 3.8) is 0 Å². The minimum Gasteiger partial charge on any atom is -0.457 e. The highest BCUT2D eigenvalue weighted by atomic mass is 32.2. The van der Waals surface area contributed by atoms with E-state index in [0.29, 0.717) is 22.9 Å². The van der Waals surface area contributed by atoms with Crippen molar-refractivity contribution in [3.05, 3.63) is 79.9 Å². The van der Waals surface area contributed by atoms with Crippen LogP contribution in [0.15, 0.2) is 48.5 Å². The lowest BCUT2D eigenvalue weighted by atomic mass is 10.2. The van der Waals surface area contributed by atoms with E-state index in [2.05, 4.69) is 5.32 Å². The minimum atomic E-state index is -1.94. The summed E-state index contributed by atoms with van der Waals surface area (Å²) in [7, 11) is 0. The molecule has 2 aromatic rings. The van der Waals surface area contributed by atoms with Crippen LogP contribution in [-0.2, 0) is 37.1 Å². The molecule has 3 rings (SSSR count). The summed E-state index contributed by atoms with van der Waals surface area (Å²) in [6.07, 6.45) is -2.97. The van der Waals surface area contributed by atoms with Crippen molar-refractivity contribution in [2.45, 2.75) is 37.7 Å². The first-order valence-corrected chi connectivity index (χ1v) is 12.2. The fourth-order valence-corrected chi connectivity index (χ4v) is 4.34. The molecule has 1 unspecified atom stereocenters. The highest BCUT2D eigenvalue weighted by Gasteiger charge is 2.45. The number of non-ortho nitro benzene ring substituents is 2. The second-order valence-corrected chi connectivity index (χ2v) is 9.27. The fraction of sp³-hybridized carbons (Fsp3) is 0.304. The highest BCUT2D eigenvalue weighted by molar-refractivity contribution is 8.14. The van der Waals surface area contributed by atoms with Gasteiger partial charge >= 0.3 is 12.1 Å². The number of esters is 1. The molecule has 0 saturated carbocycles. The number of alkyl carbamates (subject to hydrolysis) is 1. The monoisotopic (exact) mass is 562 g/mol. The molecule has 0 bridgehead atoms. The smallest absolute Gasteiger partial charge is 0.407 e. The van der Waals surface area contributed by atoms with Gasteiger partial charge in [0, 0.05) is 37.2 Å². The average molecular weight is 563 g/mol. The number of β-lactam (4-membered cyclic amide) rings is 1. The molecule has 2 N–H and O–H groups in total. The van der Waals surface area contributed by atoms with Crippen LogP contribution in [0, 0.1) is 20.2 Å². The van der Waals surface area contributed by atoms with Crippen LogP contribution in [0.3, 0.4) is 0 Å². The fourth-order valence-electron chi connectivity index (χ4n) is 3.24. The van der Waals surface area contributed by atoms with Crippen LogP contribution in [0.2, 0.25) is 0 Å². The summed E-state index contributed by atoms with van der Waals surface area (Å²) in [5.41, 5.74) is 0.714. The van der Waals surface area contributed by atoms with Gasteiger partial charge in [0.05, 0.1) is 21.6 Å². The highest BCUT2D eigenvalue weighted by Crippen LogP contribution is 2.32. The van der Waals surface area contributed by atoms with Gasteiger partial charge in [0.2, 0.25) is 12.1 Å². The first-order chi connectivity index (χ1) is 18.5. The molecule has 1 heterocycles. The van der Waals surface area contributed by atoms with E-state index >= 15 is 0 Å². The maximum atomic E-state index is 12.3. The van der Waals surface area contributed by atoms with Gasteiger partial charge in [0.15, 0.2) is 5.12 Å². The van der Waals surface area contributed by atoms with Crippen LogP contribution in [0.4, 0.5) is 16.2 Å². The summed E-state index contributed by atoms with van der Waals surface area (Å²) in [5, 5.41) is 32.7. The third kappa shape index (κ3) is 8.21. The first kappa shape index (κ1) is 29.0. The molecule has 1 saturated heterocycles. The molecule has 1 aliphatic heterocycles. The van der Waals surface area contributed by atoms with E-state index in [0.717, 1.165) is 4.90 Å². The van der Waals surface area contributed by atoms with Crippen molar-refractivity contribution in [1.82, 2.24) is 10.2 Å². The molecule has 206 valence electrons. The Morgan fingerprint density at radius 2 is 1.49 bits per heavy atom. The predicted octanol–water partition coefficient (Wildman–Crippen LogP) is 2.00. The van der Waals surface area contributed by atoms with Crippen molar-refractivity contribution in [2.24, 2.45) is 0 Å². The minimum absolute atomic E-state index is 0.0779. The van der Waals surface area contributed by atoms with E-state index < -0.39 is 44.5 Å². The molecular weight excluding hydrogens is 540 g/mol. The van der Waals surface area contributed by atoms with E-state index in [-0.39, 0.29) is 44.0 Å². The number of nitro benzene ring substituents is 2. The molecule has 0 aromatic heterocycles. The first-order valence-electron chi connectivity index (χ1n) is 11.3. The van der Waals surface area contributed by atoms with Gasteiger partial charge in [-0.2, -0.15) is 0 Å². The van der Waals surface area contributed by atoms with Gasteiger partial charge in [-0.25, -0.2) is 9.59 Å². The number of hydrogen-bond acceptors (Lipinski definition) is 12. The molecule has 1 aliphatic rings. The van der Waals surface area contributed by atoms with Crippen LogP contribution in [0.5, 0.6) is 0 Å². The maximum Gasteiger partial charge on any atom is 0.407 e. The molecule has 1 fully saturated rings. The Balaban J connectivity index is 1.36. The van der Waals surface area contributed by atoms with Gasteiger partial charge < -0.3 is 19.9 Å². The maximum absolute atomic E-state index is 12.3.